The van der Waals surface area contributed by atoms with E-state index in [-0.39, 0.29) is 24.7 Å². The van der Waals surface area contributed by atoms with Crippen molar-refractivity contribution in [3.8, 4) is 0 Å². The van der Waals surface area contributed by atoms with Gasteiger partial charge in [0.1, 0.15) is 11.4 Å². The third-order valence-electron chi connectivity index (χ3n) is 3.31. The number of hydrogen-bond acceptors (Lipinski definition) is 4. The van der Waals surface area contributed by atoms with Crippen LogP contribution in [-0.4, -0.2) is 44.8 Å². The molecule has 1 aliphatic heterocycles. The number of likely N-dealkylation sites (tertiary alicyclic amines) is 1. The lowest BCUT2D eigenvalue weighted by Gasteiger charge is -2.27. The first kappa shape index (κ1) is 14.8. The molecule has 0 saturated carbocycles. The largest absolute Gasteiger partial charge is 0.444 e. The first-order valence-electron chi connectivity index (χ1n) is 6.92. The molecule has 6 nitrogen and oxygen atoms in total. The van der Waals surface area contributed by atoms with E-state index in [1.165, 1.54) is 0 Å². The van der Waals surface area contributed by atoms with Crippen LogP contribution in [0.1, 0.15) is 44.8 Å². The molecule has 0 bridgehead atoms. The van der Waals surface area contributed by atoms with Crippen molar-refractivity contribution >= 4 is 6.09 Å². The number of nitrogens with one attached hydrogen (secondary N) is 1. The average molecular weight is 281 g/mol. The number of nitrogens with zero attached hydrogens (tertiary/aromatic N) is 2. The Labute approximate surface area is 119 Å². The van der Waals surface area contributed by atoms with Gasteiger partial charge in [0.25, 0.3) is 0 Å². The number of ether oxygens (including phenoxy) is 1. The van der Waals surface area contributed by atoms with Crippen molar-refractivity contribution in [2.24, 2.45) is 5.92 Å². The quantitative estimate of drug-likeness (QED) is 0.869. The lowest BCUT2D eigenvalue weighted by molar-refractivity contribution is 0.0211. The van der Waals surface area contributed by atoms with Gasteiger partial charge in [-0.25, -0.2) is 9.78 Å². The lowest BCUT2D eigenvalue weighted by Crippen LogP contribution is -2.37. The molecule has 2 rings (SSSR count). The number of aliphatic hydroxyl groups excluding tert-OH is 1. The number of carbonyl (C=O) groups excluding carboxylic acids is 1. The van der Waals surface area contributed by atoms with Gasteiger partial charge in [0.2, 0.25) is 0 Å². The fourth-order valence-electron chi connectivity index (χ4n) is 2.44. The second-order valence-electron chi connectivity index (χ2n) is 6.38. The lowest BCUT2D eigenvalue weighted by atomic mass is 10.1. The first-order valence-corrected chi connectivity index (χ1v) is 6.92. The summed E-state index contributed by atoms with van der Waals surface area (Å²) >= 11 is 0. The third-order valence-corrected chi connectivity index (χ3v) is 3.31. The Morgan fingerprint density at radius 3 is 2.80 bits per heavy atom. The Morgan fingerprint density at radius 1 is 1.60 bits per heavy atom. The smallest absolute Gasteiger partial charge is 0.410 e. The maximum absolute atomic E-state index is 12.3. The summed E-state index contributed by atoms with van der Waals surface area (Å²) in [5, 5.41) is 9.36. The van der Waals surface area contributed by atoms with Crippen LogP contribution in [0, 0.1) is 12.8 Å². The van der Waals surface area contributed by atoms with Crippen LogP contribution in [0.2, 0.25) is 0 Å². The molecule has 0 aliphatic carbocycles. The van der Waals surface area contributed by atoms with Crippen LogP contribution >= 0.6 is 0 Å². The summed E-state index contributed by atoms with van der Waals surface area (Å²) in [5.41, 5.74) is 0.425. The third kappa shape index (κ3) is 3.30. The van der Waals surface area contributed by atoms with Gasteiger partial charge in [0.05, 0.1) is 6.04 Å². The number of rotatable bonds is 2. The van der Waals surface area contributed by atoms with Crippen LogP contribution < -0.4 is 0 Å². The van der Waals surface area contributed by atoms with Crippen LogP contribution in [-0.2, 0) is 4.74 Å². The van der Waals surface area contributed by atoms with Crippen LogP contribution in [0.4, 0.5) is 4.79 Å². The number of amides is 1. The summed E-state index contributed by atoms with van der Waals surface area (Å²) in [7, 11) is 0. The number of H-pyrrole nitrogens is 1. The minimum absolute atomic E-state index is 0.0650. The average Bonchev–Trinajstić information content (AvgIpc) is 2.92. The number of carbonyl (C=O) groups is 1. The molecule has 0 unspecified atom stereocenters. The molecule has 1 aromatic heterocycles. The van der Waals surface area contributed by atoms with Crippen molar-refractivity contribution in [3.05, 3.63) is 17.7 Å². The highest BCUT2D eigenvalue weighted by Gasteiger charge is 2.39. The predicted octanol–water partition coefficient (Wildman–Crippen LogP) is 2.01. The molecule has 1 aromatic rings. The fraction of sp³-hybridized carbons (Fsp3) is 0.714. The highest BCUT2D eigenvalue weighted by atomic mass is 16.6. The molecule has 1 aliphatic rings. The Morgan fingerprint density at radius 2 is 2.30 bits per heavy atom. The van der Waals surface area contributed by atoms with Gasteiger partial charge >= 0.3 is 6.09 Å². The monoisotopic (exact) mass is 281 g/mol. The molecule has 20 heavy (non-hydrogen) atoms. The van der Waals surface area contributed by atoms with E-state index in [4.69, 9.17) is 4.74 Å². The van der Waals surface area contributed by atoms with E-state index in [0.717, 1.165) is 11.5 Å². The molecule has 112 valence electrons. The summed E-state index contributed by atoms with van der Waals surface area (Å²) in [6.45, 7) is 8.02. The van der Waals surface area contributed by atoms with Gasteiger partial charge in [0.15, 0.2) is 0 Å². The molecule has 2 atom stereocenters. The highest BCUT2D eigenvalue weighted by molar-refractivity contribution is 5.69. The summed E-state index contributed by atoms with van der Waals surface area (Å²) in [4.78, 5) is 21.4. The standard InChI is InChI=1S/C14H23N3O3/c1-9-6-15-12(16-9)11-5-10(8-18)7-17(11)13(19)20-14(2,3)4/h6,10-11,18H,5,7-8H2,1-4H3,(H,15,16)/t10-,11-/m0/s1. The van der Waals surface area contributed by atoms with Crippen molar-refractivity contribution in [3.63, 3.8) is 0 Å². The van der Waals surface area contributed by atoms with E-state index in [0.29, 0.717) is 13.0 Å². The van der Waals surface area contributed by atoms with Crippen molar-refractivity contribution in [1.29, 1.82) is 0 Å². The molecule has 1 saturated heterocycles. The molecule has 2 heterocycles. The van der Waals surface area contributed by atoms with E-state index in [9.17, 15) is 9.90 Å². The van der Waals surface area contributed by atoms with Gasteiger partial charge < -0.3 is 14.8 Å². The van der Waals surface area contributed by atoms with Gasteiger partial charge in [-0.1, -0.05) is 0 Å². The molecule has 1 amide bonds. The van der Waals surface area contributed by atoms with Gasteiger partial charge in [-0.3, -0.25) is 4.90 Å². The predicted molar refractivity (Wildman–Crippen MR) is 74.2 cm³/mol. The zero-order valence-electron chi connectivity index (χ0n) is 12.5. The number of aliphatic hydroxyl groups is 1. The SMILES string of the molecule is Cc1cnc([C@@H]2C[C@H](CO)CN2C(=O)OC(C)(C)C)[nH]1. The number of imidazole rings is 1. The van der Waals surface area contributed by atoms with Crippen LogP contribution in [0.25, 0.3) is 0 Å². The number of hydrogen-bond donors (Lipinski definition) is 2. The molecule has 0 radical (unpaired) electrons. The van der Waals surface area contributed by atoms with E-state index in [1.54, 1.807) is 11.1 Å². The molecule has 2 N–H and O–H groups in total. The zero-order valence-corrected chi connectivity index (χ0v) is 12.5. The Kier molecular flexibility index (Phi) is 4.04. The van der Waals surface area contributed by atoms with Crippen LogP contribution in [0.5, 0.6) is 0 Å². The maximum Gasteiger partial charge on any atom is 0.410 e. The summed E-state index contributed by atoms with van der Waals surface area (Å²) in [6, 6.07) is -0.157. The summed E-state index contributed by atoms with van der Waals surface area (Å²) in [5.74, 6) is 0.822. The van der Waals surface area contributed by atoms with Crippen molar-refractivity contribution in [2.45, 2.75) is 45.8 Å². The summed E-state index contributed by atoms with van der Waals surface area (Å²) in [6.07, 6.45) is 2.09. The van der Waals surface area contributed by atoms with Gasteiger partial charge in [-0.2, -0.15) is 0 Å². The molecule has 0 spiro atoms. The van der Waals surface area contributed by atoms with Crippen molar-refractivity contribution in [2.75, 3.05) is 13.2 Å². The van der Waals surface area contributed by atoms with Crippen LogP contribution in [0.15, 0.2) is 6.20 Å². The van der Waals surface area contributed by atoms with Crippen molar-refractivity contribution < 1.29 is 14.6 Å². The second kappa shape index (κ2) is 5.44. The minimum Gasteiger partial charge on any atom is -0.444 e. The second-order valence-corrected chi connectivity index (χ2v) is 6.38. The summed E-state index contributed by atoms with van der Waals surface area (Å²) < 4.78 is 5.44. The Hall–Kier alpha value is -1.56. The van der Waals surface area contributed by atoms with E-state index in [1.807, 2.05) is 27.7 Å². The van der Waals surface area contributed by atoms with E-state index < -0.39 is 5.60 Å². The Bertz CT molecular complexity index is 478. The highest BCUT2D eigenvalue weighted by Crippen LogP contribution is 2.34. The number of aromatic amines is 1. The van der Waals surface area contributed by atoms with Gasteiger partial charge in [0, 0.05) is 31.0 Å². The van der Waals surface area contributed by atoms with E-state index >= 15 is 0 Å². The minimum atomic E-state index is -0.530. The maximum atomic E-state index is 12.3. The van der Waals surface area contributed by atoms with E-state index in [2.05, 4.69) is 9.97 Å². The topological polar surface area (TPSA) is 78.5 Å². The van der Waals surface area contributed by atoms with Crippen molar-refractivity contribution in [1.82, 2.24) is 14.9 Å². The molecule has 0 aromatic carbocycles. The number of aryl methyl sites for hydroxylation is 1. The van der Waals surface area contributed by atoms with Gasteiger partial charge in [-0.15, -0.1) is 0 Å². The number of aromatic nitrogens is 2. The molecule has 6 heteroatoms. The molecule has 1 fully saturated rings. The molecular formula is C14H23N3O3. The normalized spacial score (nSPS) is 23.1. The zero-order chi connectivity index (χ0) is 14.9. The molecular weight excluding hydrogens is 258 g/mol. The fourth-order valence-corrected chi connectivity index (χ4v) is 2.44. The first-order chi connectivity index (χ1) is 9.30. The Balaban J connectivity index is 2.17. The van der Waals surface area contributed by atoms with Gasteiger partial charge in [-0.05, 0) is 34.1 Å². The van der Waals surface area contributed by atoms with Crippen LogP contribution in [0.3, 0.4) is 0 Å².